The fraction of sp³-hybridized carbons (Fsp3) is 0.417. The van der Waals surface area contributed by atoms with Crippen molar-refractivity contribution in [3.8, 4) is 11.6 Å². The first-order valence-electron chi connectivity index (χ1n) is 5.82. The highest BCUT2D eigenvalue weighted by atomic mass is 16.5. The lowest BCUT2D eigenvalue weighted by atomic mass is 10.2. The highest BCUT2D eigenvalue weighted by Gasteiger charge is 2.13. The molecule has 0 aliphatic carbocycles. The van der Waals surface area contributed by atoms with Crippen molar-refractivity contribution in [2.24, 2.45) is 0 Å². The molecule has 0 saturated carbocycles. The van der Waals surface area contributed by atoms with Gasteiger partial charge in [-0.15, -0.1) is 0 Å². The number of ketones is 1. The van der Waals surface area contributed by atoms with Crippen LogP contribution >= 0.6 is 0 Å². The Labute approximate surface area is 104 Å². The second kappa shape index (κ2) is 5.48. The fourth-order valence-corrected chi connectivity index (χ4v) is 1.46. The molecule has 0 radical (unpaired) electrons. The number of carbonyl (C=O) groups excluding carboxylic acids is 1. The Kier molecular flexibility index (Phi) is 3.76. The van der Waals surface area contributed by atoms with Crippen molar-refractivity contribution >= 4 is 5.78 Å². The van der Waals surface area contributed by atoms with Gasteiger partial charge >= 0.3 is 0 Å². The van der Waals surface area contributed by atoms with Gasteiger partial charge in [0.2, 0.25) is 17.5 Å². The van der Waals surface area contributed by atoms with Crippen LogP contribution in [0.15, 0.2) is 16.9 Å². The third-order valence-electron chi connectivity index (χ3n) is 2.33. The molecule has 0 bridgehead atoms. The van der Waals surface area contributed by atoms with Crippen molar-refractivity contribution in [2.75, 3.05) is 0 Å². The van der Waals surface area contributed by atoms with Crippen LogP contribution in [-0.4, -0.2) is 25.9 Å². The molecular formula is C12H14N4O2. The van der Waals surface area contributed by atoms with Gasteiger partial charge in [-0.25, -0.2) is 9.97 Å². The van der Waals surface area contributed by atoms with Gasteiger partial charge in [-0.2, -0.15) is 4.98 Å². The van der Waals surface area contributed by atoms with E-state index in [1.165, 1.54) is 0 Å². The van der Waals surface area contributed by atoms with E-state index in [-0.39, 0.29) is 12.2 Å². The van der Waals surface area contributed by atoms with Crippen molar-refractivity contribution in [1.82, 2.24) is 20.1 Å². The molecule has 2 aromatic heterocycles. The molecule has 0 fully saturated rings. The summed E-state index contributed by atoms with van der Waals surface area (Å²) in [5.41, 5.74) is 0.959. The summed E-state index contributed by atoms with van der Waals surface area (Å²) in [5.74, 6) is 1.12. The van der Waals surface area contributed by atoms with E-state index in [1.54, 1.807) is 12.4 Å². The van der Waals surface area contributed by atoms with Gasteiger partial charge in [0.05, 0.1) is 6.42 Å². The summed E-state index contributed by atoms with van der Waals surface area (Å²) in [5, 5.41) is 3.77. The SMILES string of the molecule is CCCC(=O)Cc1nc(-c2ncc(C)cn2)no1. The zero-order valence-corrected chi connectivity index (χ0v) is 10.4. The second-order valence-corrected chi connectivity index (χ2v) is 4.06. The molecule has 2 rings (SSSR count). The van der Waals surface area contributed by atoms with Crippen molar-refractivity contribution < 1.29 is 9.32 Å². The van der Waals surface area contributed by atoms with Gasteiger partial charge < -0.3 is 4.52 Å². The number of hydrogen-bond donors (Lipinski definition) is 0. The zero-order valence-electron chi connectivity index (χ0n) is 10.4. The fourth-order valence-electron chi connectivity index (χ4n) is 1.46. The Balaban J connectivity index is 2.10. The number of hydrogen-bond acceptors (Lipinski definition) is 6. The number of carbonyl (C=O) groups is 1. The maximum atomic E-state index is 11.4. The molecule has 6 heteroatoms. The minimum Gasteiger partial charge on any atom is -0.338 e. The second-order valence-electron chi connectivity index (χ2n) is 4.06. The van der Waals surface area contributed by atoms with Crippen LogP contribution in [0.4, 0.5) is 0 Å². The summed E-state index contributed by atoms with van der Waals surface area (Å²) in [6.45, 7) is 3.85. The molecule has 0 aromatic carbocycles. The number of nitrogens with zero attached hydrogens (tertiary/aromatic N) is 4. The summed E-state index contributed by atoms with van der Waals surface area (Å²) in [6.07, 6.45) is 4.88. The average molecular weight is 246 g/mol. The molecule has 0 saturated heterocycles. The number of Topliss-reactive ketones (excluding diaryl/α,β-unsaturated/α-hetero) is 1. The van der Waals surface area contributed by atoms with Crippen LogP contribution in [0.2, 0.25) is 0 Å². The minimum absolute atomic E-state index is 0.0949. The van der Waals surface area contributed by atoms with Crippen molar-refractivity contribution in [2.45, 2.75) is 33.1 Å². The normalized spacial score (nSPS) is 10.6. The van der Waals surface area contributed by atoms with Crippen LogP contribution in [0.3, 0.4) is 0 Å². The van der Waals surface area contributed by atoms with Gasteiger partial charge in [0.25, 0.3) is 0 Å². The Hall–Kier alpha value is -2.11. The smallest absolute Gasteiger partial charge is 0.240 e. The zero-order chi connectivity index (χ0) is 13.0. The highest BCUT2D eigenvalue weighted by Crippen LogP contribution is 2.11. The first-order chi connectivity index (χ1) is 8.69. The topological polar surface area (TPSA) is 81.8 Å². The van der Waals surface area contributed by atoms with E-state index >= 15 is 0 Å². The predicted molar refractivity (Wildman–Crippen MR) is 63.7 cm³/mol. The van der Waals surface area contributed by atoms with Gasteiger partial charge in [0.15, 0.2) is 0 Å². The van der Waals surface area contributed by atoms with Crippen LogP contribution in [0.25, 0.3) is 11.6 Å². The molecule has 0 spiro atoms. The molecule has 18 heavy (non-hydrogen) atoms. The van der Waals surface area contributed by atoms with E-state index in [4.69, 9.17) is 4.52 Å². The van der Waals surface area contributed by atoms with Crippen molar-refractivity contribution in [3.05, 3.63) is 23.8 Å². The van der Waals surface area contributed by atoms with Crippen LogP contribution in [0.1, 0.15) is 31.2 Å². The molecule has 6 nitrogen and oxygen atoms in total. The predicted octanol–water partition coefficient (Wildman–Crippen LogP) is 1.75. The number of aryl methyl sites for hydroxylation is 1. The maximum Gasteiger partial charge on any atom is 0.240 e. The summed E-state index contributed by atoms with van der Waals surface area (Å²) in [4.78, 5) is 23.7. The Morgan fingerprint density at radius 3 is 2.67 bits per heavy atom. The maximum absolute atomic E-state index is 11.4. The van der Waals surface area contributed by atoms with Crippen molar-refractivity contribution in [1.29, 1.82) is 0 Å². The summed E-state index contributed by atoms with van der Waals surface area (Å²) in [7, 11) is 0. The van der Waals surface area contributed by atoms with E-state index in [1.807, 2.05) is 13.8 Å². The molecular weight excluding hydrogens is 232 g/mol. The first-order valence-corrected chi connectivity index (χ1v) is 5.82. The van der Waals surface area contributed by atoms with Crippen LogP contribution < -0.4 is 0 Å². The van der Waals surface area contributed by atoms with Gasteiger partial charge in [0.1, 0.15) is 5.78 Å². The van der Waals surface area contributed by atoms with Crippen LogP contribution in [-0.2, 0) is 11.2 Å². The lowest BCUT2D eigenvalue weighted by Crippen LogP contribution is -2.02. The largest absolute Gasteiger partial charge is 0.338 e. The van der Waals surface area contributed by atoms with Crippen molar-refractivity contribution in [3.63, 3.8) is 0 Å². The van der Waals surface area contributed by atoms with Gasteiger partial charge in [-0.3, -0.25) is 4.79 Å². The molecule has 94 valence electrons. The van der Waals surface area contributed by atoms with E-state index in [9.17, 15) is 4.79 Å². The van der Waals surface area contributed by atoms with Crippen LogP contribution in [0, 0.1) is 6.92 Å². The van der Waals surface area contributed by atoms with Crippen LogP contribution in [0.5, 0.6) is 0 Å². The lowest BCUT2D eigenvalue weighted by molar-refractivity contribution is -0.118. The molecule has 2 aromatic rings. The van der Waals surface area contributed by atoms with E-state index in [0.29, 0.717) is 24.0 Å². The lowest BCUT2D eigenvalue weighted by Gasteiger charge is -1.93. The third kappa shape index (κ3) is 2.97. The monoisotopic (exact) mass is 246 g/mol. The Bertz CT molecular complexity index is 533. The molecule has 0 amide bonds. The average Bonchev–Trinajstić information content (AvgIpc) is 2.78. The Morgan fingerprint density at radius 1 is 1.28 bits per heavy atom. The quantitative estimate of drug-likeness (QED) is 0.799. The van der Waals surface area contributed by atoms with E-state index < -0.39 is 0 Å². The summed E-state index contributed by atoms with van der Waals surface area (Å²) in [6, 6.07) is 0. The summed E-state index contributed by atoms with van der Waals surface area (Å²) < 4.78 is 5.00. The Morgan fingerprint density at radius 2 is 2.00 bits per heavy atom. The minimum atomic E-state index is 0.0949. The summed E-state index contributed by atoms with van der Waals surface area (Å²) >= 11 is 0. The van der Waals surface area contributed by atoms with Gasteiger partial charge in [0, 0.05) is 18.8 Å². The van der Waals surface area contributed by atoms with Gasteiger partial charge in [-0.1, -0.05) is 12.1 Å². The van der Waals surface area contributed by atoms with E-state index in [0.717, 1.165) is 12.0 Å². The molecule has 0 aliphatic rings. The number of aromatic nitrogens is 4. The molecule has 0 unspecified atom stereocenters. The molecule has 0 aliphatic heterocycles. The molecule has 2 heterocycles. The third-order valence-corrected chi connectivity index (χ3v) is 2.33. The number of rotatable bonds is 5. The standard InChI is InChI=1S/C12H14N4O2/c1-3-4-9(17)5-10-15-12(16-18-10)11-13-6-8(2)7-14-11/h6-7H,3-5H2,1-2H3. The highest BCUT2D eigenvalue weighted by molar-refractivity contribution is 5.79. The van der Waals surface area contributed by atoms with Gasteiger partial charge in [-0.05, 0) is 18.9 Å². The first kappa shape index (κ1) is 12.3. The molecule has 0 atom stereocenters. The van der Waals surface area contributed by atoms with E-state index in [2.05, 4.69) is 20.1 Å². The molecule has 0 N–H and O–H groups in total.